The normalized spacial score (nSPS) is 12.0. The molecule has 0 heterocycles. The van der Waals surface area contributed by atoms with E-state index in [9.17, 15) is 37.1 Å². The van der Waals surface area contributed by atoms with Crippen LogP contribution in [0.5, 0.6) is 5.75 Å². The van der Waals surface area contributed by atoms with Gasteiger partial charge in [-0.2, -0.15) is 13.2 Å². The number of hydrogen-bond acceptors (Lipinski definition) is 4. The molecule has 0 saturated carbocycles. The fourth-order valence-corrected chi connectivity index (χ4v) is 4.68. The fourth-order valence-electron chi connectivity index (χ4n) is 4.50. The van der Waals surface area contributed by atoms with Crippen molar-refractivity contribution in [3.8, 4) is 28.0 Å². The van der Waals surface area contributed by atoms with E-state index in [0.29, 0.717) is 27.8 Å². The molecular formula is C32H25ClF4N2O5. The minimum atomic E-state index is -4.51. The molecular weight excluding hydrogens is 604 g/mol. The molecule has 7 nitrogen and oxygen atoms in total. The molecule has 0 saturated heterocycles. The molecule has 4 rings (SSSR count). The Balaban J connectivity index is 1.60. The maximum Gasteiger partial charge on any atom is 0.416 e. The van der Waals surface area contributed by atoms with Crippen LogP contribution in [-0.4, -0.2) is 52.5 Å². The van der Waals surface area contributed by atoms with Crippen molar-refractivity contribution in [1.29, 1.82) is 0 Å². The summed E-state index contributed by atoms with van der Waals surface area (Å²) in [5.74, 6) is -3.90. The van der Waals surface area contributed by atoms with Crippen molar-refractivity contribution in [2.45, 2.75) is 18.6 Å². The number of phenolic OH excluding ortho intramolecular Hbond substituents is 1. The Bertz CT molecular complexity index is 1710. The van der Waals surface area contributed by atoms with Crippen LogP contribution >= 0.6 is 11.6 Å². The van der Waals surface area contributed by atoms with E-state index in [1.165, 1.54) is 49.5 Å². The monoisotopic (exact) mass is 628 g/mol. The van der Waals surface area contributed by atoms with E-state index in [1.807, 2.05) is 0 Å². The zero-order valence-corrected chi connectivity index (χ0v) is 23.8. The Morgan fingerprint density at radius 2 is 1.50 bits per heavy atom. The lowest BCUT2D eigenvalue weighted by molar-refractivity contribution is -0.144. The van der Waals surface area contributed by atoms with E-state index in [1.54, 1.807) is 24.3 Å². The number of hydrogen-bond donors (Lipinski definition) is 3. The summed E-state index contributed by atoms with van der Waals surface area (Å²) in [5.41, 5.74) is 1.20. The van der Waals surface area contributed by atoms with Gasteiger partial charge < -0.3 is 20.4 Å². The number of nitrogens with one attached hydrogen (secondary N) is 1. The Hall–Kier alpha value is -4.90. The summed E-state index contributed by atoms with van der Waals surface area (Å²) in [4.78, 5) is 38.7. The fraction of sp³-hybridized carbons (Fsp3) is 0.156. The summed E-state index contributed by atoms with van der Waals surface area (Å²) in [6.07, 6.45) is -4.62. The maximum atomic E-state index is 13.6. The minimum Gasteiger partial charge on any atom is -0.507 e. The smallest absolute Gasteiger partial charge is 0.416 e. The van der Waals surface area contributed by atoms with Crippen molar-refractivity contribution in [2.24, 2.45) is 0 Å². The number of halogens is 5. The number of carboxylic acid groups (broad SMARTS) is 1. The van der Waals surface area contributed by atoms with Gasteiger partial charge in [0, 0.05) is 13.5 Å². The predicted molar refractivity (Wildman–Crippen MR) is 156 cm³/mol. The first-order valence-corrected chi connectivity index (χ1v) is 13.4. The van der Waals surface area contributed by atoms with Crippen LogP contribution in [0.2, 0.25) is 5.02 Å². The molecule has 0 aliphatic heterocycles. The summed E-state index contributed by atoms with van der Waals surface area (Å²) in [6.45, 7) is -0.647. The highest BCUT2D eigenvalue weighted by Gasteiger charge is 2.30. The van der Waals surface area contributed by atoms with Gasteiger partial charge in [0.15, 0.2) is 0 Å². The lowest BCUT2D eigenvalue weighted by atomic mass is 9.98. The van der Waals surface area contributed by atoms with Crippen molar-refractivity contribution in [1.82, 2.24) is 10.2 Å². The molecule has 0 aliphatic rings. The van der Waals surface area contributed by atoms with Gasteiger partial charge in [0.1, 0.15) is 24.2 Å². The minimum absolute atomic E-state index is 0.106. The molecule has 2 amide bonds. The number of benzene rings is 4. The molecule has 0 fully saturated rings. The van der Waals surface area contributed by atoms with Crippen LogP contribution in [0.3, 0.4) is 0 Å². The van der Waals surface area contributed by atoms with E-state index in [0.717, 1.165) is 23.1 Å². The molecule has 228 valence electrons. The van der Waals surface area contributed by atoms with Crippen LogP contribution in [0.25, 0.3) is 22.3 Å². The lowest BCUT2D eigenvalue weighted by Gasteiger charge is -2.24. The molecule has 0 aliphatic carbocycles. The van der Waals surface area contributed by atoms with E-state index < -0.39 is 53.7 Å². The van der Waals surface area contributed by atoms with Crippen molar-refractivity contribution in [2.75, 3.05) is 13.6 Å². The van der Waals surface area contributed by atoms with Crippen LogP contribution in [0.4, 0.5) is 17.6 Å². The van der Waals surface area contributed by atoms with Gasteiger partial charge in [-0.05, 0) is 64.2 Å². The van der Waals surface area contributed by atoms with E-state index in [-0.39, 0.29) is 17.0 Å². The van der Waals surface area contributed by atoms with Crippen molar-refractivity contribution in [3.05, 3.63) is 112 Å². The third-order valence-electron chi connectivity index (χ3n) is 6.76. The third kappa shape index (κ3) is 7.73. The standard InChI is InChI=1S/C32H25ClF4N2O5/c1-39(17-29(41)42)31(44)27(13-18-5-7-19(8-6-18)20-3-2-4-23(14-20)32(35,36)37)38-30(43)24-15-21(10-12-28(24)40)22-9-11-26(34)25(33)16-22/h2-12,14-16,27,40H,13,17H2,1H3,(H,38,43)(H,41,42). The number of carbonyl (C=O) groups excluding carboxylic acids is 2. The molecule has 0 bridgehead atoms. The Morgan fingerprint density at radius 1 is 0.886 bits per heavy atom. The first-order chi connectivity index (χ1) is 20.7. The third-order valence-corrected chi connectivity index (χ3v) is 7.05. The predicted octanol–water partition coefficient (Wildman–Crippen LogP) is 6.42. The van der Waals surface area contributed by atoms with Crippen LogP contribution in [0.15, 0.2) is 84.9 Å². The van der Waals surface area contributed by atoms with Gasteiger partial charge in [0.2, 0.25) is 5.91 Å². The largest absolute Gasteiger partial charge is 0.507 e. The van der Waals surface area contributed by atoms with Gasteiger partial charge in [-0.25, -0.2) is 4.39 Å². The first kappa shape index (κ1) is 32.0. The van der Waals surface area contributed by atoms with Gasteiger partial charge in [0.05, 0.1) is 16.1 Å². The summed E-state index contributed by atoms with van der Waals surface area (Å²) in [6, 6.07) is 17.8. The summed E-state index contributed by atoms with van der Waals surface area (Å²) >= 11 is 5.88. The Kier molecular flexibility index (Phi) is 9.59. The number of likely N-dealkylation sites (N-methyl/N-ethyl adjacent to an activating group) is 1. The van der Waals surface area contributed by atoms with Gasteiger partial charge in [0.25, 0.3) is 5.91 Å². The molecule has 4 aromatic rings. The van der Waals surface area contributed by atoms with E-state index >= 15 is 0 Å². The molecule has 3 N–H and O–H groups in total. The van der Waals surface area contributed by atoms with E-state index in [4.69, 9.17) is 16.7 Å². The number of amides is 2. The number of nitrogens with zero attached hydrogens (tertiary/aromatic N) is 1. The second-order valence-electron chi connectivity index (χ2n) is 9.95. The second-order valence-corrected chi connectivity index (χ2v) is 10.4. The zero-order valence-electron chi connectivity index (χ0n) is 23.0. The number of carboxylic acids is 1. The molecule has 0 aromatic heterocycles. The Labute approximate surface area is 254 Å². The highest BCUT2D eigenvalue weighted by Crippen LogP contribution is 2.32. The molecule has 1 unspecified atom stereocenters. The number of aromatic hydroxyl groups is 1. The van der Waals surface area contributed by atoms with Crippen LogP contribution in [0, 0.1) is 5.82 Å². The zero-order chi connectivity index (χ0) is 32.2. The maximum absolute atomic E-state index is 13.6. The number of phenols is 1. The molecule has 4 aromatic carbocycles. The number of carbonyl (C=O) groups is 3. The summed E-state index contributed by atoms with van der Waals surface area (Å²) < 4.78 is 53.1. The Morgan fingerprint density at radius 3 is 2.14 bits per heavy atom. The first-order valence-electron chi connectivity index (χ1n) is 13.1. The molecule has 12 heteroatoms. The highest BCUT2D eigenvalue weighted by atomic mass is 35.5. The molecule has 1 atom stereocenters. The molecule has 44 heavy (non-hydrogen) atoms. The molecule has 0 radical (unpaired) electrons. The summed E-state index contributed by atoms with van der Waals surface area (Å²) in [5, 5.41) is 22.0. The van der Waals surface area contributed by atoms with E-state index in [2.05, 4.69) is 5.32 Å². The quantitative estimate of drug-likeness (QED) is 0.186. The van der Waals surface area contributed by atoms with Crippen molar-refractivity contribution in [3.63, 3.8) is 0 Å². The van der Waals surface area contributed by atoms with Crippen molar-refractivity contribution >= 4 is 29.4 Å². The van der Waals surface area contributed by atoms with Gasteiger partial charge in [-0.3, -0.25) is 14.4 Å². The van der Waals surface area contributed by atoms with Crippen molar-refractivity contribution < 1.29 is 42.2 Å². The SMILES string of the molecule is CN(CC(=O)O)C(=O)C(Cc1ccc(-c2cccc(C(F)(F)F)c2)cc1)NC(=O)c1cc(-c2ccc(F)c(Cl)c2)ccc1O. The summed E-state index contributed by atoms with van der Waals surface area (Å²) in [7, 11) is 1.25. The number of aliphatic carboxylic acids is 1. The number of rotatable bonds is 9. The number of alkyl halides is 3. The van der Waals surface area contributed by atoms with Crippen LogP contribution < -0.4 is 5.32 Å². The average molecular weight is 629 g/mol. The van der Waals surface area contributed by atoms with Gasteiger partial charge in [-0.15, -0.1) is 0 Å². The second kappa shape index (κ2) is 13.2. The van der Waals surface area contributed by atoms with Crippen LogP contribution in [-0.2, 0) is 22.2 Å². The topological polar surface area (TPSA) is 107 Å². The highest BCUT2D eigenvalue weighted by molar-refractivity contribution is 6.31. The van der Waals surface area contributed by atoms with Crippen LogP contribution in [0.1, 0.15) is 21.5 Å². The van der Waals surface area contributed by atoms with Gasteiger partial charge in [-0.1, -0.05) is 60.1 Å². The average Bonchev–Trinajstić information content (AvgIpc) is 2.97. The van der Waals surface area contributed by atoms with Gasteiger partial charge >= 0.3 is 12.1 Å². The lowest BCUT2D eigenvalue weighted by Crippen LogP contribution is -2.49. The molecule has 0 spiro atoms.